The van der Waals surface area contributed by atoms with Gasteiger partial charge in [0.1, 0.15) is 10.6 Å². The molecule has 1 aromatic carbocycles. The third-order valence-corrected chi connectivity index (χ3v) is 5.33. The molecular formula is C12H16N4O3S. The standard InChI is InChI=1S/C12H16N4O3S/c1-19-11-6-2-3-7-12(11)20(17,18)16-8-4-5-10(16)9-14-15-13/h2-3,6-7,10H,4-5,8-9H2,1H3. The lowest BCUT2D eigenvalue weighted by Gasteiger charge is -2.23. The third kappa shape index (κ3) is 2.72. The van der Waals surface area contributed by atoms with Gasteiger partial charge in [0, 0.05) is 24.0 Å². The Hall–Kier alpha value is -1.76. The number of methoxy groups -OCH3 is 1. The van der Waals surface area contributed by atoms with Crippen LogP contribution in [0.5, 0.6) is 5.75 Å². The molecule has 1 heterocycles. The van der Waals surface area contributed by atoms with Crippen molar-refractivity contribution in [3.63, 3.8) is 0 Å². The minimum absolute atomic E-state index is 0.148. The first-order valence-corrected chi connectivity index (χ1v) is 7.71. The smallest absolute Gasteiger partial charge is 0.247 e. The zero-order chi connectivity index (χ0) is 14.6. The Morgan fingerprint density at radius 3 is 2.95 bits per heavy atom. The second kappa shape index (κ2) is 6.13. The van der Waals surface area contributed by atoms with Crippen LogP contribution in [0.15, 0.2) is 34.3 Å². The molecule has 1 fully saturated rings. The minimum Gasteiger partial charge on any atom is -0.495 e. The summed E-state index contributed by atoms with van der Waals surface area (Å²) in [6.45, 7) is 0.594. The Morgan fingerprint density at radius 2 is 2.25 bits per heavy atom. The maximum Gasteiger partial charge on any atom is 0.247 e. The number of para-hydroxylation sites is 1. The molecule has 0 bridgehead atoms. The number of sulfonamides is 1. The highest BCUT2D eigenvalue weighted by atomic mass is 32.2. The monoisotopic (exact) mass is 296 g/mol. The molecular weight excluding hydrogens is 280 g/mol. The summed E-state index contributed by atoms with van der Waals surface area (Å²) >= 11 is 0. The third-order valence-electron chi connectivity index (χ3n) is 3.33. The predicted octanol–water partition coefficient (Wildman–Crippen LogP) is 2.16. The van der Waals surface area contributed by atoms with Crippen LogP contribution >= 0.6 is 0 Å². The number of azide groups is 1. The number of hydrogen-bond donors (Lipinski definition) is 0. The molecule has 1 aliphatic rings. The van der Waals surface area contributed by atoms with Crippen molar-refractivity contribution in [3.8, 4) is 5.75 Å². The second-order valence-electron chi connectivity index (χ2n) is 4.48. The van der Waals surface area contributed by atoms with Crippen LogP contribution in [-0.4, -0.2) is 39.0 Å². The van der Waals surface area contributed by atoms with Crippen molar-refractivity contribution in [3.05, 3.63) is 34.7 Å². The highest BCUT2D eigenvalue weighted by Gasteiger charge is 2.36. The number of hydrogen-bond acceptors (Lipinski definition) is 4. The van der Waals surface area contributed by atoms with Gasteiger partial charge >= 0.3 is 0 Å². The molecule has 0 radical (unpaired) electrons. The molecule has 0 amide bonds. The lowest BCUT2D eigenvalue weighted by Crippen LogP contribution is -2.37. The highest BCUT2D eigenvalue weighted by molar-refractivity contribution is 7.89. The minimum atomic E-state index is -3.64. The van der Waals surface area contributed by atoms with E-state index < -0.39 is 10.0 Å². The fourth-order valence-corrected chi connectivity index (χ4v) is 4.24. The normalized spacial score (nSPS) is 19.6. The van der Waals surface area contributed by atoms with Gasteiger partial charge in [-0.25, -0.2) is 8.42 Å². The van der Waals surface area contributed by atoms with Crippen molar-refractivity contribution >= 4 is 10.0 Å². The first-order valence-electron chi connectivity index (χ1n) is 6.27. The van der Waals surface area contributed by atoms with Gasteiger partial charge in [-0.1, -0.05) is 17.2 Å². The summed E-state index contributed by atoms with van der Waals surface area (Å²) in [6, 6.07) is 6.25. The largest absolute Gasteiger partial charge is 0.495 e. The topological polar surface area (TPSA) is 95.4 Å². The molecule has 1 aliphatic heterocycles. The van der Waals surface area contributed by atoms with Gasteiger partial charge in [-0.3, -0.25) is 0 Å². The van der Waals surface area contributed by atoms with Gasteiger partial charge < -0.3 is 4.74 Å². The number of rotatable bonds is 5. The summed E-state index contributed by atoms with van der Waals surface area (Å²) in [5.74, 6) is 0.321. The van der Waals surface area contributed by atoms with E-state index in [2.05, 4.69) is 10.0 Å². The van der Waals surface area contributed by atoms with E-state index >= 15 is 0 Å². The highest BCUT2D eigenvalue weighted by Crippen LogP contribution is 2.31. The van der Waals surface area contributed by atoms with Gasteiger partial charge in [-0.05, 0) is 30.5 Å². The van der Waals surface area contributed by atoms with Crippen LogP contribution in [0, 0.1) is 0 Å². The van der Waals surface area contributed by atoms with Crippen LogP contribution in [0.2, 0.25) is 0 Å². The summed E-state index contributed by atoms with van der Waals surface area (Å²) in [4.78, 5) is 2.85. The van der Waals surface area contributed by atoms with Crippen LogP contribution in [-0.2, 0) is 10.0 Å². The van der Waals surface area contributed by atoms with E-state index in [0.717, 1.165) is 6.42 Å². The summed E-state index contributed by atoms with van der Waals surface area (Å²) < 4.78 is 31.9. The first-order chi connectivity index (χ1) is 9.61. The molecule has 8 heteroatoms. The van der Waals surface area contributed by atoms with Crippen LogP contribution in [0.1, 0.15) is 12.8 Å². The summed E-state index contributed by atoms with van der Waals surface area (Å²) in [7, 11) is -2.20. The zero-order valence-electron chi connectivity index (χ0n) is 11.1. The number of benzene rings is 1. The average molecular weight is 296 g/mol. The number of ether oxygens (including phenoxy) is 1. The molecule has 0 aliphatic carbocycles. The van der Waals surface area contributed by atoms with Crippen molar-refractivity contribution in [1.82, 2.24) is 4.31 Å². The van der Waals surface area contributed by atoms with E-state index in [4.69, 9.17) is 10.3 Å². The van der Waals surface area contributed by atoms with Crippen LogP contribution < -0.4 is 4.74 Å². The van der Waals surface area contributed by atoms with E-state index in [1.54, 1.807) is 18.2 Å². The SMILES string of the molecule is COc1ccccc1S(=O)(=O)N1CCCC1CN=[N+]=[N-]. The van der Waals surface area contributed by atoms with E-state index in [9.17, 15) is 8.42 Å². The summed E-state index contributed by atoms with van der Waals surface area (Å²) in [6.07, 6.45) is 1.47. The Balaban J connectivity index is 2.36. The number of nitrogens with zero attached hydrogens (tertiary/aromatic N) is 4. The van der Waals surface area contributed by atoms with Gasteiger partial charge in [0.05, 0.1) is 7.11 Å². The van der Waals surface area contributed by atoms with E-state index in [0.29, 0.717) is 18.7 Å². The van der Waals surface area contributed by atoms with E-state index in [1.165, 1.54) is 17.5 Å². The molecule has 108 valence electrons. The Bertz CT molecular complexity index is 625. The van der Waals surface area contributed by atoms with Crippen molar-refractivity contribution in [2.24, 2.45) is 5.11 Å². The Kier molecular flexibility index (Phi) is 4.49. The zero-order valence-corrected chi connectivity index (χ0v) is 12.0. The molecule has 20 heavy (non-hydrogen) atoms. The molecule has 0 N–H and O–H groups in total. The van der Waals surface area contributed by atoms with E-state index in [1.807, 2.05) is 0 Å². The molecule has 2 rings (SSSR count). The maximum atomic E-state index is 12.7. The molecule has 7 nitrogen and oxygen atoms in total. The second-order valence-corrected chi connectivity index (χ2v) is 6.34. The van der Waals surface area contributed by atoms with Crippen LogP contribution in [0.4, 0.5) is 0 Å². The van der Waals surface area contributed by atoms with Crippen molar-refractivity contribution in [2.45, 2.75) is 23.8 Å². The predicted molar refractivity (Wildman–Crippen MR) is 73.9 cm³/mol. The quantitative estimate of drug-likeness (QED) is 0.473. The molecule has 0 saturated carbocycles. The van der Waals surface area contributed by atoms with Gasteiger partial charge in [0.25, 0.3) is 0 Å². The molecule has 0 spiro atoms. The Labute approximate surface area is 117 Å². The Morgan fingerprint density at radius 1 is 1.50 bits per heavy atom. The molecule has 0 aromatic heterocycles. The first kappa shape index (κ1) is 14.6. The molecule has 1 saturated heterocycles. The van der Waals surface area contributed by atoms with Gasteiger partial charge in [-0.2, -0.15) is 4.31 Å². The lowest BCUT2D eigenvalue weighted by atomic mass is 10.2. The van der Waals surface area contributed by atoms with Gasteiger partial charge in [0.15, 0.2) is 0 Å². The van der Waals surface area contributed by atoms with Crippen molar-refractivity contribution < 1.29 is 13.2 Å². The summed E-state index contributed by atoms with van der Waals surface area (Å²) in [5.41, 5.74) is 8.39. The average Bonchev–Trinajstić information content (AvgIpc) is 2.94. The van der Waals surface area contributed by atoms with Crippen LogP contribution in [0.3, 0.4) is 0 Å². The molecule has 1 unspecified atom stereocenters. The van der Waals surface area contributed by atoms with Gasteiger partial charge in [-0.15, -0.1) is 0 Å². The van der Waals surface area contributed by atoms with Crippen LogP contribution in [0.25, 0.3) is 10.4 Å². The van der Waals surface area contributed by atoms with E-state index in [-0.39, 0.29) is 17.5 Å². The lowest BCUT2D eigenvalue weighted by molar-refractivity contribution is 0.379. The fourth-order valence-electron chi connectivity index (χ4n) is 2.40. The van der Waals surface area contributed by atoms with Gasteiger partial charge in [0.2, 0.25) is 10.0 Å². The molecule has 1 aromatic rings. The molecule has 1 atom stereocenters. The van der Waals surface area contributed by atoms with Crippen molar-refractivity contribution in [2.75, 3.05) is 20.2 Å². The summed E-state index contributed by atoms with van der Waals surface area (Å²) in [5, 5.41) is 3.50. The van der Waals surface area contributed by atoms with Crippen molar-refractivity contribution in [1.29, 1.82) is 0 Å². The fraction of sp³-hybridized carbons (Fsp3) is 0.500. The maximum absolute atomic E-state index is 12.7.